The van der Waals surface area contributed by atoms with Gasteiger partial charge in [-0.05, 0) is 12.8 Å². The zero-order valence-corrected chi connectivity index (χ0v) is 10.2. The maximum Gasteiger partial charge on any atom is 0.226 e. The van der Waals surface area contributed by atoms with Gasteiger partial charge in [-0.1, -0.05) is 6.92 Å². The minimum absolute atomic E-state index is 0.0784. The molecule has 1 fully saturated rings. The number of rotatable bonds is 3. The third-order valence-corrected chi connectivity index (χ3v) is 3.41. The molecule has 1 saturated heterocycles. The largest absolute Gasteiger partial charge is 0.348 e. The molecule has 1 aliphatic heterocycles. The Labute approximate surface area is 101 Å². The molecule has 94 valence electrons. The highest BCUT2D eigenvalue weighted by Gasteiger charge is 2.27. The lowest BCUT2D eigenvalue weighted by Crippen LogP contribution is -2.43. The van der Waals surface area contributed by atoms with Gasteiger partial charge in [0.15, 0.2) is 0 Å². The molecule has 5 nitrogen and oxygen atoms in total. The van der Waals surface area contributed by atoms with E-state index in [0.29, 0.717) is 12.5 Å². The van der Waals surface area contributed by atoms with Gasteiger partial charge < -0.3 is 15.6 Å². The van der Waals surface area contributed by atoms with Crippen LogP contribution in [0, 0.1) is 5.92 Å². The van der Waals surface area contributed by atoms with Crippen molar-refractivity contribution in [2.45, 2.75) is 25.7 Å². The van der Waals surface area contributed by atoms with Crippen LogP contribution in [0.25, 0.3) is 0 Å². The Kier molecular flexibility index (Phi) is 3.78. The van der Waals surface area contributed by atoms with E-state index < -0.39 is 0 Å². The summed E-state index contributed by atoms with van der Waals surface area (Å²) in [6, 6.07) is 0. The molecule has 1 amide bonds. The molecular formula is C12H20N4O. The molecule has 1 aromatic rings. The van der Waals surface area contributed by atoms with E-state index in [-0.39, 0.29) is 11.8 Å². The van der Waals surface area contributed by atoms with Gasteiger partial charge in [-0.3, -0.25) is 4.79 Å². The highest BCUT2D eigenvalue weighted by molar-refractivity contribution is 5.78. The fourth-order valence-corrected chi connectivity index (χ4v) is 2.31. The summed E-state index contributed by atoms with van der Waals surface area (Å²) in [4.78, 5) is 21.4. The number of nitrogens with zero attached hydrogens (tertiary/aromatic N) is 2. The van der Waals surface area contributed by atoms with Crippen molar-refractivity contribution in [1.82, 2.24) is 14.9 Å². The Morgan fingerprint density at radius 3 is 3.24 bits per heavy atom. The molecular weight excluding hydrogens is 216 g/mol. The van der Waals surface area contributed by atoms with Crippen LogP contribution in [0.3, 0.4) is 0 Å². The molecule has 0 spiro atoms. The molecule has 0 saturated carbocycles. The van der Waals surface area contributed by atoms with E-state index in [0.717, 1.165) is 31.8 Å². The van der Waals surface area contributed by atoms with Crippen molar-refractivity contribution in [3.8, 4) is 0 Å². The number of piperidine rings is 1. The van der Waals surface area contributed by atoms with E-state index in [2.05, 4.69) is 9.97 Å². The average molecular weight is 236 g/mol. The molecule has 0 aromatic carbocycles. The van der Waals surface area contributed by atoms with Crippen molar-refractivity contribution < 1.29 is 4.79 Å². The minimum atomic E-state index is -0.0784. The van der Waals surface area contributed by atoms with Gasteiger partial charge in [0.1, 0.15) is 5.82 Å². The van der Waals surface area contributed by atoms with Gasteiger partial charge in [-0.15, -0.1) is 0 Å². The quantitative estimate of drug-likeness (QED) is 0.811. The maximum atomic E-state index is 12.1. The number of carbonyl (C=O) groups excluding carboxylic acids is 1. The normalized spacial score (nSPS) is 22.5. The molecule has 0 radical (unpaired) electrons. The molecule has 2 unspecified atom stereocenters. The molecule has 2 rings (SSSR count). The van der Waals surface area contributed by atoms with Crippen LogP contribution >= 0.6 is 0 Å². The highest BCUT2D eigenvalue weighted by atomic mass is 16.2. The first-order chi connectivity index (χ1) is 8.22. The van der Waals surface area contributed by atoms with Crippen molar-refractivity contribution in [3.63, 3.8) is 0 Å². The molecule has 0 aliphatic carbocycles. The fraction of sp³-hybridized carbons (Fsp3) is 0.667. The Morgan fingerprint density at radius 1 is 1.76 bits per heavy atom. The topological polar surface area (TPSA) is 75.0 Å². The molecule has 2 atom stereocenters. The summed E-state index contributed by atoms with van der Waals surface area (Å²) in [6.07, 6.45) is 5.72. The monoisotopic (exact) mass is 236 g/mol. The number of likely N-dealkylation sites (tertiary alicyclic amines) is 1. The second kappa shape index (κ2) is 5.31. The number of aromatic amines is 1. The van der Waals surface area contributed by atoms with Crippen LogP contribution in [0.15, 0.2) is 12.4 Å². The highest BCUT2D eigenvalue weighted by Crippen LogP contribution is 2.25. The Balaban J connectivity index is 2.00. The fourth-order valence-electron chi connectivity index (χ4n) is 2.31. The molecule has 17 heavy (non-hydrogen) atoms. The summed E-state index contributed by atoms with van der Waals surface area (Å²) in [5.74, 6) is 1.42. The van der Waals surface area contributed by atoms with Crippen LogP contribution in [0.4, 0.5) is 0 Å². The Hall–Kier alpha value is -1.36. The lowest BCUT2D eigenvalue weighted by molar-refractivity contribution is -0.135. The van der Waals surface area contributed by atoms with E-state index in [1.54, 1.807) is 6.20 Å². The summed E-state index contributed by atoms with van der Waals surface area (Å²) in [7, 11) is 0. The Morgan fingerprint density at radius 2 is 2.59 bits per heavy atom. The number of nitrogens with two attached hydrogens (primary N) is 1. The standard InChI is InChI=1S/C12H20N4O/c1-9(7-13)12(17)16-6-2-3-10(8-16)11-14-4-5-15-11/h4-5,9-10H,2-3,6-8,13H2,1H3,(H,14,15). The van der Waals surface area contributed by atoms with Gasteiger partial charge in [0.2, 0.25) is 5.91 Å². The second-order valence-corrected chi connectivity index (χ2v) is 4.73. The number of imidazole rings is 1. The van der Waals surface area contributed by atoms with Crippen molar-refractivity contribution >= 4 is 5.91 Å². The third kappa shape index (κ3) is 2.66. The molecule has 1 aromatic heterocycles. The summed E-state index contributed by atoms with van der Waals surface area (Å²) in [5, 5.41) is 0. The van der Waals surface area contributed by atoms with Crippen LogP contribution in [0.1, 0.15) is 31.5 Å². The summed E-state index contributed by atoms with van der Waals surface area (Å²) in [5.41, 5.74) is 5.54. The lowest BCUT2D eigenvalue weighted by Gasteiger charge is -2.33. The molecule has 2 heterocycles. The van der Waals surface area contributed by atoms with Crippen LogP contribution in [0.5, 0.6) is 0 Å². The van der Waals surface area contributed by atoms with E-state index in [4.69, 9.17) is 5.73 Å². The van der Waals surface area contributed by atoms with Crippen LogP contribution in [-0.2, 0) is 4.79 Å². The van der Waals surface area contributed by atoms with Crippen molar-refractivity contribution in [2.24, 2.45) is 11.7 Å². The predicted molar refractivity (Wildman–Crippen MR) is 65.4 cm³/mol. The zero-order valence-electron chi connectivity index (χ0n) is 10.2. The third-order valence-electron chi connectivity index (χ3n) is 3.41. The van der Waals surface area contributed by atoms with E-state index in [1.165, 1.54) is 0 Å². The maximum absolute atomic E-state index is 12.1. The number of hydrogen-bond donors (Lipinski definition) is 2. The van der Waals surface area contributed by atoms with Crippen molar-refractivity contribution in [3.05, 3.63) is 18.2 Å². The zero-order chi connectivity index (χ0) is 12.3. The Bertz CT molecular complexity index is 363. The smallest absolute Gasteiger partial charge is 0.226 e. The first-order valence-electron chi connectivity index (χ1n) is 6.20. The number of hydrogen-bond acceptors (Lipinski definition) is 3. The van der Waals surface area contributed by atoms with Crippen LogP contribution in [0.2, 0.25) is 0 Å². The number of aromatic nitrogens is 2. The summed E-state index contributed by atoms with van der Waals surface area (Å²) < 4.78 is 0. The predicted octanol–water partition coefficient (Wildman–Crippen LogP) is 0.710. The number of H-pyrrole nitrogens is 1. The first-order valence-corrected chi connectivity index (χ1v) is 6.20. The van der Waals surface area contributed by atoms with Crippen molar-refractivity contribution in [1.29, 1.82) is 0 Å². The lowest BCUT2D eigenvalue weighted by atomic mass is 9.96. The van der Waals surface area contributed by atoms with Crippen LogP contribution in [-0.4, -0.2) is 40.4 Å². The van der Waals surface area contributed by atoms with E-state index in [1.807, 2.05) is 18.0 Å². The van der Waals surface area contributed by atoms with Gasteiger partial charge in [-0.25, -0.2) is 4.98 Å². The van der Waals surface area contributed by atoms with E-state index >= 15 is 0 Å². The molecule has 3 N–H and O–H groups in total. The van der Waals surface area contributed by atoms with Gasteiger partial charge in [0.05, 0.1) is 0 Å². The van der Waals surface area contributed by atoms with Crippen LogP contribution < -0.4 is 5.73 Å². The van der Waals surface area contributed by atoms with E-state index in [9.17, 15) is 4.79 Å². The van der Waals surface area contributed by atoms with Gasteiger partial charge in [-0.2, -0.15) is 0 Å². The van der Waals surface area contributed by atoms with Gasteiger partial charge in [0.25, 0.3) is 0 Å². The summed E-state index contributed by atoms with van der Waals surface area (Å²) >= 11 is 0. The summed E-state index contributed by atoms with van der Waals surface area (Å²) in [6.45, 7) is 3.91. The van der Waals surface area contributed by atoms with Gasteiger partial charge >= 0.3 is 0 Å². The minimum Gasteiger partial charge on any atom is -0.348 e. The molecule has 1 aliphatic rings. The average Bonchev–Trinajstić information content (AvgIpc) is 2.91. The second-order valence-electron chi connectivity index (χ2n) is 4.73. The van der Waals surface area contributed by atoms with Gasteiger partial charge in [0, 0.05) is 43.9 Å². The molecule has 5 heteroatoms. The van der Waals surface area contributed by atoms with Crippen molar-refractivity contribution in [2.75, 3.05) is 19.6 Å². The SMILES string of the molecule is CC(CN)C(=O)N1CCCC(c2ncc[nH]2)C1. The number of nitrogens with one attached hydrogen (secondary N) is 1. The number of carbonyl (C=O) groups is 1. The number of amides is 1. The first kappa shape index (κ1) is 12.1. The molecule has 0 bridgehead atoms.